The molecule has 2 rings (SSSR count). The third kappa shape index (κ3) is 1.45. The van der Waals surface area contributed by atoms with Crippen molar-refractivity contribution < 1.29 is 0 Å². The van der Waals surface area contributed by atoms with E-state index in [9.17, 15) is 0 Å². The predicted octanol–water partition coefficient (Wildman–Crippen LogP) is 2.95. The van der Waals surface area contributed by atoms with Crippen molar-refractivity contribution in [1.29, 1.82) is 0 Å². The first-order valence-electron chi connectivity index (χ1n) is 3.40. The minimum Gasteiger partial charge on any atom is -0.122 e. The van der Waals surface area contributed by atoms with Crippen LogP contribution in [0, 0.1) is 0 Å². The standard InChI is InChI=1S/C6H10S4/c1-5-4-9-6(10-5)7-2-3-8-6/h5H,2-4H2,1H3. The van der Waals surface area contributed by atoms with E-state index < -0.39 is 0 Å². The van der Waals surface area contributed by atoms with Crippen LogP contribution in [0.2, 0.25) is 0 Å². The van der Waals surface area contributed by atoms with Crippen molar-refractivity contribution in [2.45, 2.75) is 14.9 Å². The van der Waals surface area contributed by atoms with Crippen LogP contribution in [-0.4, -0.2) is 25.3 Å². The van der Waals surface area contributed by atoms with Gasteiger partial charge in [0.25, 0.3) is 0 Å². The molecule has 2 heterocycles. The van der Waals surface area contributed by atoms with E-state index in [2.05, 4.69) is 54.0 Å². The van der Waals surface area contributed by atoms with Crippen LogP contribution in [0.15, 0.2) is 0 Å². The minimum absolute atomic E-state index is 0.527. The number of rotatable bonds is 0. The molecular weight excluding hydrogens is 200 g/mol. The summed E-state index contributed by atoms with van der Waals surface area (Å²) in [5, 5.41) is 0.878. The number of hydrogen-bond donors (Lipinski definition) is 0. The molecule has 2 saturated heterocycles. The summed E-state index contributed by atoms with van der Waals surface area (Å²) in [6.07, 6.45) is 0. The van der Waals surface area contributed by atoms with E-state index in [0.717, 1.165) is 5.25 Å². The van der Waals surface area contributed by atoms with Crippen LogP contribution in [0.25, 0.3) is 0 Å². The van der Waals surface area contributed by atoms with Gasteiger partial charge in [-0.25, -0.2) is 0 Å². The zero-order valence-electron chi connectivity index (χ0n) is 5.83. The summed E-state index contributed by atoms with van der Waals surface area (Å²) < 4.78 is 0.527. The summed E-state index contributed by atoms with van der Waals surface area (Å²) >= 11 is 8.60. The van der Waals surface area contributed by atoms with Crippen LogP contribution in [0.4, 0.5) is 0 Å². The van der Waals surface area contributed by atoms with E-state index in [1.807, 2.05) is 0 Å². The average molecular weight is 210 g/mol. The molecule has 0 saturated carbocycles. The van der Waals surface area contributed by atoms with Gasteiger partial charge in [-0.05, 0) is 0 Å². The topological polar surface area (TPSA) is 0 Å². The molecule has 0 amide bonds. The molecule has 10 heavy (non-hydrogen) atoms. The normalized spacial score (nSPS) is 37.5. The molecule has 0 N–H and O–H groups in total. The highest BCUT2D eigenvalue weighted by Gasteiger charge is 2.43. The Balaban J connectivity index is 2.03. The Bertz CT molecular complexity index is 130. The summed E-state index contributed by atoms with van der Waals surface area (Å²) in [6.45, 7) is 2.34. The molecule has 0 radical (unpaired) electrons. The van der Waals surface area contributed by atoms with Gasteiger partial charge in [-0.3, -0.25) is 0 Å². The second-order valence-electron chi connectivity index (χ2n) is 2.44. The lowest BCUT2D eigenvalue weighted by atomic mass is 10.6. The predicted molar refractivity (Wildman–Crippen MR) is 57.2 cm³/mol. The lowest BCUT2D eigenvalue weighted by Crippen LogP contribution is -1.99. The molecule has 1 spiro atoms. The van der Waals surface area contributed by atoms with Crippen molar-refractivity contribution in [2.24, 2.45) is 0 Å². The second kappa shape index (κ2) is 3.04. The first kappa shape index (κ1) is 8.02. The maximum absolute atomic E-state index is 2.34. The Labute approximate surface area is 79.0 Å². The van der Waals surface area contributed by atoms with Crippen molar-refractivity contribution >= 4 is 47.0 Å². The summed E-state index contributed by atoms with van der Waals surface area (Å²) in [6, 6.07) is 0. The zero-order chi connectivity index (χ0) is 7.03. The van der Waals surface area contributed by atoms with Crippen molar-refractivity contribution in [2.75, 3.05) is 17.3 Å². The first-order valence-corrected chi connectivity index (χ1v) is 7.24. The Hall–Kier alpha value is 1.40. The van der Waals surface area contributed by atoms with E-state index in [4.69, 9.17) is 0 Å². The van der Waals surface area contributed by atoms with Crippen LogP contribution in [0.1, 0.15) is 6.92 Å². The maximum atomic E-state index is 2.34. The van der Waals surface area contributed by atoms with Crippen molar-refractivity contribution in [3.63, 3.8) is 0 Å². The van der Waals surface area contributed by atoms with Gasteiger partial charge in [-0.15, -0.1) is 47.0 Å². The monoisotopic (exact) mass is 210 g/mol. The molecule has 2 aliphatic rings. The maximum Gasteiger partial charge on any atom is 0.154 e. The van der Waals surface area contributed by atoms with Crippen molar-refractivity contribution in [3.8, 4) is 0 Å². The molecule has 4 heteroatoms. The third-order valence-electron chi connectivity index (χ3n) is 1.48. The van der Waals surface area contributed by atoms with Crippen LogP contribution >= 0.6 is 47.0 Å². The fraction of sp³-hybridized carbons (Fsp3) is 1.00. The fourth-order valence-corrected chi connectivity index (χ4v) is 9.04. The molecule has 1 atom stereocenters. The van der Waals surface area contributed by atoms with Gasteiger partial charge in [0.05, 0.1) is 0 Å². The summed E-state index contributed by atoms with van der Waals surface area (Å²) in [7, 11) is 0. The Morgan fingerprint density at radius 1 is 1.20 bits per heavy atom. The zero-order valence-corrected chi connectivity index (χ0v) is 9.10. The number of thioether (sulfide) groups is 4. The Morgan fingerprint density at radius 2 is 1.90 bits per heavy atom. The molecule has 0 aliphatic carbocycles. The lowest BCUT2D eigenvalue weighted by molar-refractivity contribution is 1.15. The molecule has 0 bridgehead atoms. The molecule has 2 aliphatic heterocycles. The summed E-state index contributed by atoms with van der Waals surface area (Å²) in [4.78, 5) is 0. The molecule has 1 unspecified atom stereocenters. The van der Waals surface area contributed by atoms with Crippen LogP contribution in [-0.2, 0) is 0 Å². The highest BCUT2D eigenvalue weighted by molar-refractivity contribution is 8.50. The van der Waals surface area contributed by atoms with E-state index in [-0.39, 0.29) is 0 Å². The molecule has 0 aromatic rings. The molecular formula is C6H10S4. The van der Waals surface area contributed by atoms with Gasteiger partial charge >= 0.3 is 0 Å². The van der Waals surface area contributed by atoms with Crippen LogP contribution in [0.3, 0.4) is 0 Å². The van der Waals surface area contributed by atoms with Gasteiger partial charge in [0.1, 0.15) is 0 Å². The van der Waals surface area contributed by atoms with Crippen LogP contribution < -0.4 is 0 Å². The van der Waals surface area contributed by atoms with Gasteiger partial charge in [-0.1, -0.05) is 6.92 Å². The lowest BCUT2D eigenvalue weighted by Gasteiger charge is -2.17. The molecule has 0 nitrogen and oxygen atoms in total. The average Bonchev–Trinajstić information content (AvgIpc) is 2.46. The summed E-state index contributed by atoms with van der Waals surface area (Å²) in [5.41, 5.74) is 0. The van der Waals surface area contributed by atoms with Crippen molar-refractivity contribution in [1.82, 2.24) is 0 Å². The highest BCUT2D eigenvalue weighted by atomic mass is 32.3. The van der Waals surface area contributed by atoms with Gasteiger partial charge in [0.15, 0.2) is 2.74 Å². The minimum atomic E-state index is 0.527. The Kier molecular flexibility index (Phi) is 2.43. The largest absolute Gasteiger partial charge is 0.154 e. The van der Waals surface area contributed by atoms with E-state index >= 15 is 0 Å². The van der Waals surface area contributed by atoms with Gasteiger partial charge in [0, 0.05) is 22.5 Å². The number of hydrogen-bond acceptors (Lipinski definition) is 4. The Morgan fingerprint density at radius 3 is 2.40 bits per heavy atom. The van der Waals surface area contributed by atoms with E-state index in [0.29, 0.717) is 2.74 Å². The fourth-order valence-electron chi connectivity index (χ4n) is 1.06. The molecule has 2 fully saturated rings. The quantitative estimate of drug-likeness (QED) is 0.602. The molecule has 0 aromatic heterocycles. The summed E-state index contributed by atoms with van der Waals surface area (Å²) in [5.74, 6) is 4.07. The van der Waals surface area contributed by atoms with Gasteiger partial charge in [-0.2, -0.15) is 0 Å². The van der Waals surface area contributed by atoms with E-state index in [1.54, 1.807) is 0 Å². The van der Waals surface area contributed by atoms with Gasteiger partial charge in [0.2, 0.25) is 0 Å². The highest BCUT2D eigenvalue weighted by Crippen LogP contribution is 2.64. The first-order chi connectivity index (χ1) is 4.81. The SMILES string of the molecule is CC1CSC2(SCCS2)S1. The molecule has 0 aromatic carbocycles. The smallest absolute Gasteiger partial charge is 0.122 e. The van der Waals surface area contributed by atoms with Gasteiger partial charge < -0.3 is 0 Å². The molecule has 58 valence electrons. The second-order valence-corrected chi connectivity index (χ2v) is 9.49. The van der Waals surface area contributed by atoms with Crippen LogP contribution in [0.5, 0.6) is 0 Å². The third-order valence-corrected chi connectivity index (χ3v) is 9.40. The van der Waals surface area contributed by atoms with Crippen molar-refractivity contribution in [3.05, 3.63) is 0 Å². The van der Waals surface area contributed by atoms with E-state index in [1.165, 1.54) is 17.3 Å².